The maximum absolute atomic E-state index is 13.6. The third kappa shape index (κ3) is 3.55. The number of carbonyl (C=O) groups excluding carboxylic acids is 1. The van der Waals surface area contributed by atoms with Crippen LogP contribution >= 0.6 is 0 Å². The second kappa shape index (κ2) is 6.81. The van der Waals surface area contributed by atoms with Gasteiger partial charge in [0.05, 0.1) is 11.7 Å². The van der Waals surface area contributed by atoms with Gasteiger partial charge in [-0.2, -0.15) is 0 Å². The van der Waals surface area contributed by atoms with Crippen molar-refractivity contribution in [3.8, 4) is 0 Å². The highest BCUT2D eigenvalue weighted by molar-refractivity contribution is 5.94. The Balaban J connectivity index is 1.91. The average Bonchev–Trinajstić information content (AvgIpc) is 2.47. The van der Waals surface area contributed by atoms with Crippen LogP contribution in [0.2, 0.25) is 0 Å². The summed E-state index contributed by atoms with van der Waals surface area (Å²) in [5.74, 6) is -0.722. The van der Waals surface area contributed by atoms with Crippen LogP contribution < -0.4 is 0 Å². The fourth-order valence-electron chi connectivity index (χ4n) is 2.37. The van der Waals surface area contributed by atoms with Crippen LogP contribution in [0.5, 0.6) is 0 Å². The molecule has 1 saturated heterocycles. The molecule has 0 bridgehead atoms. The van der Waals surface area contributed by atoms with Gasteiger partial charge < -0.3 is 10.0 Å². The Labute approximate surface area is 118 Å². The van der Waals surface area contributed by atoms with Crippen LogP contribution in [0.1, 0.15) is 23.7 Å². The van der Waals surface area contributed by atoms with Crippen LogP contribution in [0, 0.1) is 5.82 Å². The van der Waals surface area contributed by atoms with Gasteiger partial charge in [0.25, 0.3) is 5.91 Å². The van der Waals surface area contributed by atoms with Crippen LogP contribution in [0.3, 0.4) is 0 Å². The minimum atomic E-state index is -0.471. The third-order valence-corrected chi connectivity index (χ3v) is 3.70. The number of amides is 1. The molecule has 0 aliphatic carbocycles. The van der Waals surface area contributed by atoms with Crippen LogP contribution in [0.15, 0.2) is 24.3 Å². The van der Waals surface area contributed by atoms with E-state index in [1.807, 2.05) is 6.92 Å². The lowest BCUT2D eigenvalue weighted by Gasteiger charge is -2.35. The molecule has 20 heavy (non-hydrogen) atoms. The van der Waals surface area contributed by atoms with Crippen molar-refractivity contribution in [1.29, 1.82) is 0 Å². The monoisotopic (exact) mass is 280 g/mol. The zero-order valence-corrected chi connectivity index (χ0v) is 11.8. The molecule has 1 amide bonds. The molecular weight excluding hydrogens is 259 g/mol. The summed E-state index contributed by atoms with van der Waals surface area (Å²) in [7, 11) is 0. The number of piperazine rings is 1. The Hall–Kier alpha value is -1.46. The molecule has 110 valence electrons. The number of aliphatic hydroxyl groups excluding tert-OH is 1. The first-order chi connectivity index (χ1) is 9.61. The van der Waals surface area contributed by atoms with Gasteiger partial charge in [0, 0.05) is 32.7 Å². The molecule has 0 saturated carbocycles. The summed E-state index contributed by atoms with van der Waals surface area (Å²) < 4.78 is 13.6. The normalized spacial score (nSPS) is 18.1. The number of aliphatic hydroxyl groups is 1. The first-order valence-corrected chi connectivity index (χ1v) is 7.06. The smallest absolute Gasteiger partial charge is 0.256 e. The van der Waals surface area contributed by atoms with Crippen molar-refractivity contribution in [2.75, 3.05) is 32.7 Å². The number of β-amino-alcohol motifs (C(OH)–C–C–N with tert-alkyl or cyclic N) is 1. The van der Waals surface area contributed by atoms with Gasteiger partial charge in [0.1, 0.15) is 5.82 Å². The van der Waals surface area contributed by atoms with Crippen molar-refractivity contribution < 1.29 is 14.3 Å². The van der Waals surface area contributed by atoms with Gasteiger partial charge in [-0.25, -0.2) is 4.39 Å². The Morgan fingerprint density at radius 2 is 1.95 bits per heavy atom. The minimum Gasteiger partial charge on any atom is -0.392 e. The predicted octanol–water partition coefficient (Wildman–Crippen LogP) is 1.35. The molecule has 1 heterocycles. The van der Waals surface area contributed by atoms with E-state index in [2.05, 4.69) is 4.90 Å². The molecule has 1 fully saturated rings. The number of hydrogen-bond donors (Lipinski definition) is 1. The van der Waals surface area contributed by atoms with Gasteiger partial charge in [-0.05, 0) is 18.6 Å². The first kappa shape index (κ1) is 14.9. The maximum atomic E-state index is 13.6. The molecule has 1 aliphatic heterocycles. The van der Waals surface area contributed by atoms with Crippen LogP contribution in [0.25, 0.3) is 0 Å². The van der Waals surface area contributed by atoms with E-state index < -0.39 is 5.82 Å². The van der Waals surface area contributed by atoms with Crippen molar-refractivity contribution in [3.63, 3.8) is 0 Å². The van der Waals surface area contributed by atoms with Gasteiger partial charge in [-0.3, -0.25) is 9.69 Å². The molecule has 1 aromatic carbocycles. The maximum Gasteiger partial charge on any atom is 0.256 e. The fourth-order valence-corrected chi connectivity index (χ4v) is 2.37. The Morgan fingerprint density at radius 3 is 2.55 bits per heavy atom. The molecule has 0 unspecified atom stereocenters. The van der Waals surface area contributed by atoms with Crippen molar-refractivity contribution >= 4 is 5.91 Å². The largest absolute Gasteiger partial charge is 0.392 e. The van der Waals surface area contributed by atoms with Crippen molar-refractivity contribution in [2.45, 2.75) is 19.4 Å². The van der Waals surface area contributed by atoms with Crippen LogP contribution in [-0.2, 0) is 0 Å². The summed E-state index contributed by atoms with van der Waals surface area (Å²) in [6.07, 6.45) is 0.415. The van der Waals surface area contributed by atoms with Gasteiger partial charge in [-0.1, -0.05) is 19.1 Å². The molecule has 0 radical (unpaired) electrons. The summed E-state index contributed by atoms with van der Waals surface area (Å²) in [5.41, 5.74) is 0.134. The lowest BCUT2D eigenvalue weighted by Crippen LogP contribution is -2.50. The van der Waals surface area contributed by atoms with E-state index in [0.29, 0.717) is 19.6 Å². The van der Waals surface area contributed by atoms with E-state index in [-0.39, 0.29) is 17.6 Å². The third-order valence-electron chi connectivity index (χ3n) is 3.70. The Morgan fingerprint density at radius 1 is 1.30 bits per heavy atom. The van der Waals surface area contributed by atoms with Gasteiger partial charge in [0.2, 0.25) is 0 Å². The van der Waals surface area contributed by atoms with E-state index in [1.165, 1.54) is 12.1 Å². The van der Waals surface area contributed by atoms with E-state index >= 15 is 0 Å². The number of nitrogens with zero attached hydrogens (tertiary/aromatic N) is 2. The SMILES string of the molecule is CC[C@H](O)CN1CCN(C(=O)c2ccccc2F)CC1. The molecule has 4 nitrogen and oxygen atoms in total. The van der Waals surface area contributed by atoms with Gasteiger partial charge >= 0.3 is 0 Å². The van der Waals surface area contributed by atoms with E-state index in [1.54, 1.807) is 17.0 Å². The number of halogens is 1. The highest BCUT2D eigenvalue weighted by Gasteiger charge is 2.24. The summed E-state index contributed by atoms with van der Waals surface area (Å²) in [5, 5.41) is 9.63. The average molecular weight is 280 g/mol. The Kier molecular flexibility index (Phi) is 5.09. The Bertz CT molecular complexity index is 459. The molecule has 5 heteroatoms. The van der Waals surface area contributed by atoms with E-state index in [0.717, 1.165) is 19.5 Å². The van der Waals surface area contributed by atoms with Gasteiger partial charge in [-0.15, -0.1) is 0 Å². The summed E-state index contributed by atoms with van der Waals surface area (Å²) >= 11 is 0. The van der Waals surface area contributed by atoms with Crippen LogP contribution in [-0.4, -0.2) is 59.6 Å². The fraction of sp³-hybridized carbons (Fsp3) is 0.533. The predicted molar refractivity (Wildman–Crippen MR) is 75.0 cm³/mol. The standard InChI is InChI=1S/C15H21FN2O2/c1-2-12(19)11-17-7-9-18(10-8-17)15(20)13-5-3-4-6-14(13)16/h3-6,12,19H,2,7-11H2,1H3/t12-/m0/s1. The van der Waals surface area contributed by atoms with E-state index in [4.69, 9.17) is 0 Å². The zero-order chi connectivity index (χ0) is 14.5. The molecular formula is C15H21FN2O2. The molecule has 1 N–H and O–H groups in total. The number of hydrogen-bond acceptors (Lipinski definition) is 3. The lowest BCUT2D eigenvalue weighted by molar-refractivity contribution is 0.0520. The summed E-state index contributed by atoms with van der Waals surface area (Å²) in [6, 6.07) is 6.08. The van der Waals surface area contributed by atoms with Crippen molar-refractivity contribution in [2.24, 2.45) is 0 Å². The highest BCUT2D eigenvalue weighted by Crippen LogP contribution is 2.12. The van der Waals surface area contributed by atoms with Crippen molar-refractivity contribution in [1.82, 2.24) is 9.80 Å². The number of carbonyl (C=O) groups is 1. The second-order valence-electron chi connectivity index (χ2n) is 5.13. The quantitative estimate of drug-likeness (QED) is 0.905. The molecule has 1 aromatic rings. The zero-order valence-electron chi connectivity index (χ0n) is 11.8. The highest BCUT2D eigenvalue weighted by atomic mass is 19.1. The van der Waals surface area contributed by atoms with Gasteiger partial charge in [0.15, 0.2) is 0 Å². The topological polar surface area (TPSA) is 43.8 Å². The molecule has 0 spiro atoms. The van der Waals surface area contributed by atoms with Crippen molar-refractivity contribution in [3.05, 3.63) is 35.6 Å². The second-order valence-corrected chi connectivity index (χ2v) is 5.13. The summed E-state index contributed by atoms with van der Waals surface area (Å²) in [6.45, 7) is 5.17. The van der Waals surface area contributed by atoms with Crippen LogP contribution in [0.4, 0.5) is 4.39 Å². The number of rotatable bonds is 4. The molecule has 1 aliphatic rings. The van der Waals surface area contributed by atoms with E-state index in [9.17, 15) is 14.3 Å². The molecule has 2 rings (SSSR count). The number of benzene rings is 1. The molecule has 0 aromatic heterocycles. The summed E-state index contributed by atoms with van der Waals surface area (Å²) in [4.78, 5) is 16.0. The lowest BCUT2D eigenvalue weighted by atomic mass is 10.1. The molecule has 1 atom stereocenters. The minimum absolute atomic E-state index is 0.134. The first-order valence-electron chi connectivity index (χ1n) is 7.06.